The number of hydrogen-bond donors (Lipinski definition) is 2. The summed E-state index contributed by atoms with van der Waals surface area (Å²) >= 11 is 0. The molecule has 0 aliphatic carbocycles. The minimum atomic E-state index is -0.768. The zero-order valence-electron chi connectivity index (χ0n) is 15.3. The van der Waals surface area contributed by atoms with Crippen LogP contribution in [0.3, 0.4) is 0 Å². The Morgan fingerprint density at radius 3 is 2.46 bits per heavy atom. The summed E-state index contributed by atoms with van der Waals surface area (Å²) in [5, 5.41) is 6.19. The van der Waals surface area contributed by atoms with E-state index in [4.69, 9.17) is 9.47 Å². The van der Waals surface area contributed by atoms with Gasteiger partial charge in [0.15, 0.2) is 0 Å². The van der Waals surface area contributed by atoms with E-state index in [9.17, 15) is 9.59 Å². The molecule has 2 fully saturated rings. The number of ether oxygens (including phenoxy) is 2. The van der Waals surface area contributed by atoms with E-state index in [2.05, 4.69) is 10.6 Å². The van der Waals surface area contributed by atoms with Gasteiger partial charge in [0.2, 0.25) is 5.91 Å². The maximum absolute atomic E-state index is 12.7. The molecule has 0 unspecified atom stereocenters. The van der Waals surface area contributed by atoms with Crippen LogP contribution in [-0.2, 0) is 25.5 Å². The molecule has 0 saturated carbocycles. The number of anilines is 1. The topological polar surface area (TPSA) is 79.9 Å². The van der Waals surface area contributed by atoms with Gasteiger partial charge in [-0.25, -0.2) is 0 Å². The molecule has 7 nitrogen and oxygen atoms in total. The van der Waals surface area contributed by atoms with Crippen LogP contribution in [0.4, 0.5) is 5.69 Å². The van der Waals surface area contributed by atoms with E-state index in [1.165, 1.54) is 0 Å². The fourth-order valence-electron chi connectivity index (χ4n) is 3.40. The molecule has 142 valence electrons. The van der Waals surface area contributed by atoms with Crippen LogP contribution in [0.15, 0.2) is 24.3 Å². The summed E-state index contributed by atoms with van der Waals surface area (Å²) in [7, 11) is 1.59. The fraction of sp³-hybridized carbons (Fsp3) is 0.579. The van der Waals surface area contributed by atoms with Gasteiger partial charge in [0.05, 0.1) is 19.6 Å². The highest BCUT2D eigenvalue weighted by Gasteiger charge is 2.39. The molecule has 0 radical (unpaired) electrons. The molecule has 0 bridgehead atoms. The average Bonchev–Trinajstić information content (AvgIpc) is 2.70. The molecule has 7 heteroatoms. The first kappa shape index (κ1) is 18.8. The normalized spacial score (nSPS) is 19.8. The maximum Gasteiger partial charge on any atom is 0.256 e. The third kappa shape index (κ3) is 4.41. The summed E-state index contributed by atoms with van der Waals surface area (Å²) < 4.78 is 10.8. The molecule has 2 aliphatic rings. The molecular weight excluding hydrogens is 334 g/mol. The molecule has 2 saturated heterocycles. The molecule has 0 atom stereocenters. The lowest BCUT2D eigenvalue weighted by Crippen LogP contribution is -2.51. The van der Waals surface area contributed by atoms with Crippen molar-refractivity contribution in [1.29, 1.82) is 0 Å². The Balaban J connectivity index is 1.57. The second kappa shape index (κ2) is 8.62. The Hall–Kier alpha value is -1.96. The van der Waals surface area contributed by atoms with Gasteiger partial charge < -0.3 is 25.0 Å². The third-order valence-corrected chi connectivity index (χ3v) is 5.15. The van der Waals surface area contributed by atoms with E-state index < -0.39 is 5.60 Å². The lowest BCUT2D eigenvalue weighted by Gasteiger charge is -2.34. The average molecular weight is 361 g/mol. The van der Waals surface area contributed by atoms with Gasteiger partial charge in [0, 0.05) is 25.9 Å². The molecule has 3 rings (SSSR count). The van der Waals surface area contributed by atoms with E-state index in [-0.39, 0.29) is 11.8 Å². The number of hydrogen-bond acceptors (Lipinski definition) is 5. The highest BCUT2D eigenvalue weighted by molar-refractivity contribution is 5.97. The highest BCUT2D eigenvalue weighted by atomic mass is 16.5. The summed E-state index contributed by atoms with van der Waals surface area (Å²) in [5.41, 5.74) is 0.881. The van der Waals surface area contributed by atoms with E-state index >= 15 is 0 Å². The monoisotopic (exact) mass is 361 g/mol. The SMILES string of the molecule is COC1(C(=O)Nc2ccc(CC(=O)N3CCOCC3)cc2)CCNCC1. The van der Waals surface area contributed by atoms with Gasteiger partial charge in [-0.3, -0.25) is 9.59 Å². The van der Waals surface area contributed by atoms with Crippen molar-refractivity contribution in [3.8, 4) is 0 Å². The summed E-state index contributed by atoms with van der Waals surface area (Å²) in [4.78, 5) is 26.8. The molecule has 2 amide bonds. The number of piperidine rings is 1. The Bertz CT molecular complexity index is 620. The van der Waals surface area contributed by atoms with Crippen LogP contribution in [0.2, 0.25) is 0 Å². The molecular formula is C19H27N3O4. The van der Waals surface area contributed by atoms with Gasteiger partial charge in [-0.2, -0.15) is 0 Å². The van der Waals surface area contributed by atoms with Crippen molar-refractivity contribution in [2.75, 3.05) is 51.8 Å². The zero-order chi connectivity index (χ0) is 18.4. The molecule has 2 aliphatic heterocycles. The number of benzene rings is 1. The van der Waals surface area contributed by atoms with Gasteiger partial charge >= 0.3 is 0 Å². The molecule has 1 aromatic rings. The molecule has 1 aromatic carbocycles. The smallest absolute Gasteiger partial charge is 0.256 e. The van der Waals surface area contributed by atoms with E-state index in [1.54, 1.807) is 7.11 Å². The Morgan fingerprint density at radius 1 is 1.19 bits per heavy atom. The Morgan fingerprint density at radius 2 is 1.85 bits per heavy atom. The third-order valence-electron chi connectivity index (χ3n) is 5.15. The van der Waals surface area contributed by atoms with Gasteiger partial charge in [0.1, 0.15) is 5.60 Å². The number of nitrogens with zero attached hydrogens (tertiary/aromatic N) is 1. The first-order valence-corrected chi connectivity index (χ1v) is 9.15. The lowest BCUT2D eigenvalue weighted by atomic mass is 9.91. The number of amides is 2. The molecule has 26 heavy (non-hydrogen) atoms. The van der Waals surface area contributed by atoms with Crippen molar-refractivity contribution in [3.63, 3.8) is 0 Å². The van der Waals surface area contributed by atoms with Crippen molar-refractivity contribution < 1.29 is 19.1 Å². The highest BCUT2D eigenvalue weighted by Crippen LogP contribution is 2.24. The van der Waals surface area contributed by atoms with E-state index in [0.29, 0.717) is 51.3 Å². The second-order valence-corrected chi connectivity index (χ2v) is 6.77. The minimum Gasteiger partial charge on any atom is -0.378 e. The van der Waals surface area contributed by atoms with Crippen molar-refractivity contribution in [2.45, 2.75) is 24.9 Å². The summed E-state index contributed by atoms with van der Waals surface area (Å²) in [5.74, 6) is -0.00299. The predicted molar refractivity (Wildman–Crippen MR) is 98.0 cm³/mol. The van der Waals surface area contributed by atoms with Crippen LogP contribution in [0.1, 0.15) is 18.4 Å². The molecule has 2 heterocycles. The Labute approximate surface area is 154 Å². The quantitative estimate of drug-likeness (QED) is 0.811. The van der Waals surface area contributed by atoms with Gasteiger partial charge in [-0.1, -0.05) is 12.1 Å². The van der Waals surface area contributed by atoms with Gasteiger partial charge in [0.25, 0.3) is 5.91 Å². The van der Waals surface area contributed by atoms with Crippen LogP contribution in [-0.4, -0.2) is 68.8 Å². The fourth-order valence-corrected chi connectivity index (χ4v) is 3.40. The number of morpholine rings is 1. The van der Waals surface area contributed by atoms with E-state index in [1.807, 2.05) is 29.2 Å². The van der Waals surface area contributed by atoms with Crippen LogP contribution in [0, 0.1) is 0 Å². The number of carbonyl (C=O) groups is 2. The van der Waals surface area contributed by atoms with Gasteiger partial charge in [-0.05, 0) is 43.6 Å². The molecule has 0 aromatic heterocycles. The van der Waals surface area contributed by atoms with Crippen LogP contribution < -0.4 is 10.6 Å². The van der Waals surface area contributed by atoms with Crippen LogP contribution >= 0.6 is 0 Å². The molecule has 2 N–H and O–H groups in total. The number of nitrogens with one attached hydrogen (secondary N) is 2. The summed E-state index contributed by atoms with van der Waals surface area (Å²) in [6, 6.07) is 7.44. The van der Waals surface area contributed by atoms with Gasteiger partial charge in [-0.15, -0.1) is 0 Å². The standard InChI is InChI=1S/C19H27N3O4/c1-25-19(6-8-20-9-7-19)18(24)21-16-4-2-15(3-5-16)14-17(23)22-10-12-26-13-11-22/h2-5,20H,6-14H2,1H3,(H,21,24). The second-order valence-electron chi connectivity index (χ2n) is 6.77. The van der Waals surface area contributed by atoms with Crippen LogP contribution in [0.5, 0.6) is 0 Å². The Kier molecular flexibility index (Phi) is 6.24. The first-order valence-electron chi connectivity index (χ1n) is 9.15. The van der Waals surface area contributed by atoms with Crippen molar-refractivity contribution in [3.05, 3.63) is 29.8 Å². The summed E-state index contributed by atoms with van der Waals surface area (Å²) in [6.07, 6.45) is 1.67. The first-order chi connectivity index (χ1) is 12.6. The lowest BCUT2D eigenvalue weighted by molar-refractivity contribution is -0.140. The van der Waals surface area contributed by atoms with Crippen molar-refractivity contribution >= 4 is 17.5 Å². The minimum absolute atomic E-state index is 0.109. The van der Waals surface area contributed by atoms with Crippen molar-refractivity contribution in [2.24, 2.45) is 0 Å². The van der Waals surface area contributed by atoms with E-state index in [0.717, 1.165) is 18.7 Å². The number of rotatable bonds is 5. The zero-order valence-corrected chi connectivity index (χ0v) is 15.3. The number of methoxy groups -OCH3 is 1. The number of carbonyl (C=O) groups excluding carboxylic acids is 2. The molecule has 0 spiro atoms. The van der Waals surface area contributed by atoms with Crippen molar-refractivity contribution in [1.82, 2.24) is 10.2 Å². The summed E-state index contributed by atoms with van der Waals surface area (Å²) in [6.45, 7) is 4.05. The maximum atomic E-state index is 12.7. The predicted octanol–water partition coefficient (Wildman–Crippen LogP) is 0.795. The van der Waals surface area contributed by atoms with Crippen LogP contribution in [0.25, 0.3) is 0 Å². The largest absolute Gasteiger partial charge is 0.378 e.